The number of likely N-dealkylation sites (tertiary alicyclic amines) is 1. The van der Waals surface area contributed by atoms with Gasteiger partial charge in [-0.1, -0.05) is 77.8 Å². The Hall–Kier alpha value is -3.80. The Balaban J connectivity index is 1.73. The van der Waals surface area contributed by atoms with Gasteiger partial charge in [0, 0.05) is 38.8 Å². The maximum atomic E-state index is 14.4. The van der Waals surface area contributed by atoms with Crippen LogP contribution in [0.3, 0.4) is 0 Å². The molecular weight excluding hydrogens is 662 g/mol. The van der Waals surface area contributed by atoms with Crippen LogP contribution in [0.2, 0.25) is 0 Å². The Labute approximate surface area is 310 Å². The first-order valence-electron chi connectivity index (χ1n) is 19.4. The van der Waals surface area contributed by atoms with Gasteiger partial charge < -0.3 is 31.3 Å². The molecule has 2 aliphatic rings. The van der Waals surface area contributed by atoms with E-state index in [1.807, 2.05) is 71.9 Å². The molecule has 290 valence electrons. The lowest BCUT2D eigenvalue weighted by molar-refractivity contribution is -0.145. The zero-order valence-corrected chi connectivity index (χ0v) is 32.3. The van der Waals surface area contributed by atoms with Crippen LogP contribution in [0.1, 0.15) is 117 Å². The van der Waals surface area contributed by atoms with E-state index in [9.17, 15) is 33.9 Å². The van der Waals surface area contributed by atoms with Crippen LogP contribution in [0.25, 0.3) is 0 Å². The van der Waals surface area contributed by atoms with Gasteiger partial charge in [0.15, 0.2) is 6.10 Å². The number of aliphatic hydroxyl groups is 1. The summed E-state index contributed by atoms with van der Waals surface area (Å²) in [5.41, 5.74) is 0.888. The van der Waals surface area contributed by atoms with Crippen LogP contribution in [0, 0.1) is 29.6 Å². The molecule has 5 N–H and O–H groups in total. The fraction of sp³-hybridized carbons (Fsp3) is 0.700. The lowest BCUT2D eigenvalue weighted by atomic mass is 9.88. The van der Waals surface area contributed by atoms with Crippen molar-refractivity contribution in [3.8, 4) is 0 Å². The molecule has 3 rings (SSSR count). The van der Waals surface area contributed by atoms with Crippen molar-refractivity contribution in [3.63, 3.8) is 0 Å². The second kappa shape index (κ2) is 20.4. The van der Waals surface area contributed by atoms with Crippen molar-refractivity contribution < 1.29 is 33.9 Å². The van der Waals surface area contributed by atoms with Crippen molar-refractivity contribution >= 4 is 35.3 Å². The largest absolute Gasteiger partial charge is 0.381 e. The van der Waals surface area contributed by atoms with Gasteiger partial charge in [0.05, 0.1) is 12.1 Å². The summed E-state index contributed by atoms with van der Waals surface area (Å²) in [4.78, 5) is 81.4. The maximum absolute atomic E-state index is 14.4. The van der Waals surface area contributed by atoms with E-state index in [4.69, 9.17) is 0 Å². The van der Waals surface area contributed by atoms with E-state index in [1.165, 1.54) is 0 Å². The van der Waals surface area contributed by atoms with Gasteiger partial charge in [-0.3, -0.25) is 28.8 Å². The zero-order chi connectivity index (χ0) is 38.5. The number of hydrogen-bond acceptors (Lipinski definition) is 7. The topological polar surface area (TPSA) is 174 Å². The van der Waals surface area contributed by atoms with Crippen LogP contribution in [0.15, 0.2) is 30.3 Å². The third kappa shape index (κ3) is 11.6. The summed E-state index contributed by atoms with van der Waals surface area (Å²) in [5.74, 6) is -2.85. The lowest BCUT2D eigenvalue weighted by Crippen LogP contribution is -2.59. The van der Waals surface area contributed by atoms with E-state index < -0.39 is 42.0 Å². The first-order chi connectivity index (χ1) is 24.7. The summed E-state index contributed by atoms with van der Waals surface area (Å²) in [7, 11) is 1.57. The fourth-order valence-corrected chi connectivity index (χ4v) is 7.73. The maximum Gasteiger partial charge on any atom is 0.251 e. The molecule has 1 saturated carbocycles. The van der Waals surface area contributed by atoms with E-state index in [-0.39, 0.29) is 66.1 Å². The Morgan fingerprint density at radius 3 is 2.15 bits per heavy atom. The van der Waals surface area contributed by atoms with Gasteiger partial charge in [0.25, 0.3) is 5.91 Å². The molecule has 52 heavy (non-hydrogen) atoms. The van der Waals surface area contributed by atoms with Gasteiger partial charge in [0.1, 0.15) is 17.9 Å². The van der Waals surface area contributed by atoms with Crippen LogP contribution in [0.5, 0.6) is 0 Å². The Bertz CT molecular complexity index is 1370. The van der Waals surface area contributed by atoms with Gasteiger partial charge in [-0.15, -0.1) is 0 Å². The predicted octanol–water partition coefficient (Wildman–Crippen LogP) is 3.82. The minimum absolute atomic E-state index is 0.0419. The molecule has 0 spiro atoms. The molecule has 5 amide bonds. The average Bonchev–Trinajstić information content (AvgIpc) is 3.72. The van der Waals surface area contributed by atoms with Crippen LogP contribution < -0.4 is 21.3 Å². The number of hydrogen-bond donors (Lipinski definition) is 5. The highest BCUT2D eigenvalue weighted by Crippen LogP contribution is 2.43. The third-order valence-corrected chi connectivity index (χ3v) is 10.9. The molecule has 12 nitrogen and oxygen atoms in total. The summed E-state index contributed by atoms with van der Waals surface area (Å²) in [5, 5.41) is 22.5. The highest BCUT2D eigenvalue weighted by Gasteiger charge is 2.51. The second-order valence-electron chi connectivity index (χ2n) is 15.5. The molecule has 1 aromatic rings. The summed E-state index contributed by atoms with van der Waals surface area (Å²) in [6, 6.07) is 6.51. The van der Waals surface area contributed by atoms with Crippen LogP contribution in [-0.2, 0) is 28.8 Å². The Morgan fingerprint density at radius 2 is 1.54 bits per heavy atom. The molecule has 1 aliphatic carbocycles. The second-order valence-corrected chi connectivity index (χ2v) is 15.5. The van der Waals surface area contributed by atoms with E-state index in [0.717, 1.165) is 24.8 Å². The van der Waals surface area contributed by atoms with Crippen LogP contribution >= 0.6 is 0 Å². The predicted molar refractivity (Wildman–Crippen MR) is 199 cm³/mol. The van der Waals surface area contributed by atoms with E-state index in [1.54, 1.807) is 11.9 Å². The number of benzene rings is 1. The SMILES string of the molecule is CCCC(NC(=O)[C@@H]1[C@H]2CCC[C@H]2CN1C(=O)C(NC(=O)[C@@H](CC(=O)CCCCC(=O)NC)C(C)C)C(C)C)C(O)C(=O)N[C@@H](C)c1ccccc1. The molecule has 1 heterocycles. The number of ketones is 1. The molecular formula is C40H63N5O7. The number of rotatable bonds is 20. The Morgan fingerprint density at radius 1 is 0.865 bits per heavy atom. The molecule has 1 aromatic carbocycles. The summed E-state index contributed by atoms with van der Waals surface area (Å²) < 4.78 is 0. The van der Waals surface area contributed by atoms with E-state index >= 15 is 0 Å². The minimum atomic E-state index is -1.49. The highest BCUT2D eigenvalue weighted by molar-refractivity contribution is 5.95. The van der Waals surface area contributed by atoms with E-state index in [0.29, 0.717) is 38.6 Å². The van der Waals surface area contributed by atoms with Gasteiger partial charge in [-0.25, -0.2) is 0 Å². The molecule has 12 heteroatoms. The number of Topliss-reactive ketones (excluding diaryl/α,β-unsaturated/α-hetero) is 1. The zero-order valence-electron chi connectivity index (χ0n) is 32.3. The number of nitrogens with one attached hydrogen (secondary N) is 4. The normalized spacial score (nSPS) is 21.1. The molecule has 1 saturated heterocycles. The van der Waals surface area contributed by atoms with Crippen molar-refractivity contribution in [2.75, 3.05) is 13.6 Å². The number of nitrogens with zero attached hydrogens (tertiary/aromatic N) is 1. The first-order valence-corrected chi connectivity index (χ1v) is 19.4. The average molecular weight is 726 g/mol. The van der Waals surface area contributed by atoms with Crippen molar-refractivity contribution in [1.82, 2.24) is 26.2 Å². The molecule has 8 atom stereocenters. The first kappa shape index (κ1) is 42.6. The quantitative estimate of drug-likeness (QED) is 0.127. The molecule has 0 bridgehead atoms. The van der Waals surface area contributed by atoms with Crippen LogP contribution in [-0.4, -0.2) is 83.1 Å². The van der Waals surface area contributed by atoms with Crippen molar-refractivity contribution in [2.24, 2.45) is 29.6 Å². The molecule has 3 unspecified atom stereocenters. The summed E-state index contributed by atoms with van der Waals surface area (Å²) in [6.45, 7) is 11.6. The van der Waals surface area contributed by atoms with Gasteiger partial charge in [0.2, 0.25) is 23.6 Å². The van der Waals surface area contributed by atoms with Crippen molar-refractivity contribution in [1.29, 1.82) is 0 Å². The molecule has 1 aliphatic heterocycles. The molecule has 0 radical (unpaired) electrons. The number of unbranched alkanes of at least 4 members (excludes halogenated alkanes) is 1. The molecule has 0 aromatic heterocycles. The van der Waals surface area contributed by atoms with Gasteiger partial charge in [-0.2, -0.15) is 0 Å². The smallest absolute Gasteiger partial charge is 0.251 e. The summed E-state index contributed by atoms with van der Waals surface area (Å²) >= 11 is 0. The number of carbonyl (C=O) groups is 6. The standard InChI is InChI=1S/C40H63N5O7/c1-8-15-32(36(48)39(51)42-26(6)27-16-10-9-11-17-27)43-38(50)35-30-20-14-18-28(30)23-45(35)40(52)34(25(4)5)44-37(49)31(24(2)3)22-29(46)19-12-13-21-33(47)41-7/h9-11,16-17,24-26,28,30-32,34-36,48H,8,12-15,18-23H2,1-7H3,(H,41,47)(H,42,51)(H,43,50)(H,44,49)/t26-,28-,30-,31-,32?,34?,35-,36?/m0/s1. The molecule has 2 fully saturated rings. The number of amides is 5. The minimum Gasteiger partial charge on any atom is -0.381 e. The van der Waals surface area contributed by atoms with Crippen molar-refractivity contribution in [2.45, 2.75) is 136 Å². The van der Waals surface area contributed by atoms with Crippen LogP contribution in [0.4, 0.5) is 0 Å². The lowest BCUT2D eigenvalue weighted by Gasteiger charge is -2.34. The third-order valence-electron chi connectivity index (χ3n) is 10.9. The van der Waals surface area contributed by atoms with Gasteiger partial charge >= 0.3 is 0 Å². The number of aliphatic hydroxyl groups excluding tert-OH is 1. The summed E-state index contributed by atoms with van der Waals surface area (Å²) in [6.07, 6.45) is 3.89. The van der Waals surface area contributed by atoms with Crippen molar-refractivity contribution in [3.05, 3.63) is 35.9 Å². The van der Waals surface area contributed by atoms with Gasteiger partial charge in [-0.05, 0) is 68.3 Å². The number of fused-ring (bicyclic) bond motifs is 1. The van der Waals surface area contributed by atoms with E-state index in [2.05, 4.69) is 21.3 Å². The Kier molecular flexibility index (Phi) is 16.8. The highest BCUT2D eigenvalue weighted by atomic mass is 16.3. The fourth-order valence-electron chi connectivity index (χ4n) is 7.73. The monoisotopic (exact) mass is 725 g/mol. The number of carbonyl (C=O) groups excluding carboxylic acids is 6.